The second-order valence-corrected chi connectivity index (χ2v) is 6.08. The number of pyridine rings is 1. The van der Waals surface area contributed by atoms with Crippen LogP contribution in [0.2, 0.25) is 0 Å². The van der Waals surface area contributed by atoms with E-state index in [2.05, 4.69) is 5.32 Å². The minimum atomic E-state index is -0.305. The first-order chi connectivity index (χ1) is 9.28. The molecule has 1 heterocycles. The summed E-state index contributed by atoms with van der Waals surface area (Å²) >= 11 is 0. The molecule has 0 bridgehead atoms. The smallest absolute Gasteiger partial charge is 0.254 e. The SMILES string of the molecule is Cc1cc2ccccc2n(CC(=O)NC(C)(C)C)c1=O. The maximum Gasteiger partial charge on any atom is 0.254 e. The molecule has 4 heteroatoms. The molecule has 1 amide bonds. The van der Waals surface area contributed by atoms with Crippen LogP contribution in [0.1, 0.15) is 26.3 Å². The van der Waals surface area contributed by atoms with E-state index in [-0.39, 0.29) is 23.6 Å². The van der Waals surface area contributed by atoms with Crippen molar-refractivity contribution in [3.63, 3.8) is 0 Å². The van der Waals surface area contributed by atoms with Gasteiger partial charge in [-0.1, -0.05) is 18.2 Å². The van der Waals surface area contributed by atoms with Crippen LogP contribution in [-0.2, 0) is 11.3 Å². The molecule has 1 aromatic heterocycles. The molecule has 4 nitrogen and oxygen atoms in total. The van der Waals surface area contributed by atoms with Crippen molar-refractivity contribution < 1.29 is 4.79 Å². The molecule has 0 aliphatic heterocycles. The summed E-state index contributed by atoms with van der Waals surface area (Å²) in [4.78, 5) is 24.3. The highest BCUT2D eigenvalue weighted by atomic mass is 16.2. The van der Waals surface area contributed by atoms with E-state index in [1.165, 1.54) is 4.57 Å². The number of carbonyl (C=O) groups is 1. The second-order valence-electron chi connectivity index (χ2n) is 6.08. The van der Waals surface area contributed by atoms with Crippen LogP contribution in [0.4, 0.5) is 0 Å². The van der Waals surface area contributed by atoms with Gasteiger partial charge in [0, 0.05) is 11.1 Å². The van der Waals surface area contributed by atoms with Gasteiger partial charge < -0.3 is 5.32 Å². The van der Waals surface area contributed by atoms with Crippen molar-refractivity contribution in [3.05, 3.63) is 46.2 Å². The Morgan fingerprint density at radius 2 is 1.90 bits per heavy atom. The van der Waals surface area contributed by atoms with Crippen LogP contribution in [-0.4, -0.2) is 16.0 Å². The second kappa shape index (κ2) is 5.12. The summed E-state index contributed by atoms with van der Waals surface area (Å²) in [7, 11) is 0. The Kier molecular flexibility index (Phi) is 3.66. The summed E-state index contributed by atoms with van der Waals surface area (Å²) in [6, 6.07) is 9.46. The number of benzene rings is 1. The Hall–Kier alpha value is -2.10. The molecule has 2 rings (SSSR count). The van der Waals surface area contributed by atoms with Crippen molar-refractivity contribution >= 4 is 16.8 Å². The molecule has 0 saturated heterocycles. The number of carbonyl (C=O) groups excluding carboxylic acids is 1. The van der Waals surface area contributed by atoms with Gasteiger partial charge in [-0.3, -0.25) is 14.2 Å². The monoisotopic (exact) mass is 272 g/mol. The third kappa shape index (κ3) is 3.07. The fraction of sp³-hybridized carbons (Fsp3) is 0.375. The highest BCUT2D eigenvalue weighted by Gasteiger charge is 2.16. The molecule has 1 aromatic carbocycles. The maximum atomic E-state index is 12.3. The molecule has 0 radical (unpaired) electrons. The summed E-state index contributed by atoms with van der Waals surface area (Å²) in [5.74, 6) is -0.157. The Bertz CT molecular complexity index is 708. The third-order valence-electron chi connectivity index (χ3n) is 3.00. The maximum absolute atomic E-state index is 12.3. The van der Waals surface area contributed by atoms with Crippen LogP contribution in [0, 0.1) is 6.92 Å². The molecule has 1 N–H and O–H groups in total. The van der Waals surface area contributed by atoms with E-state index in [4.69, 9.17) is 0 Å². The zero-order chi connectivity index (χ0) is 14.9. The molecule has 0 saturated carbocycles. The van der Waals surface area contributed by atoms with E-state index in [1.807, 2.05) is 51.1 Å². The van der Waals surface area contributed by atoms with Crippen LogP contribution >= 0.6 is 0 Å². The van der Waals surface area contributed by atoms with E-state index in [0.29, 0.717) is 5.56 Å². The van der Waals surface area contributed by atoms with Crippen LogP contribution in [0.3, 0.4) is 0 Å². The quantitative estimate of drug-likeness (QED) is 0.911. The van der Waals surface area contributed by atoms with Gasteiger partial charge in [0.25, 0.3) is 5.56 Å². The normalized spacial score (nSPS) is 11.6. The predicted octanol–water partition coefficient (Wildman–Crippen LogP) is 2.22. The Balaban J connectivity index is 2.46. The number of para-hydroxylation sites is 1. The number of aryl methyl sites for hydroxylation is 1. The molecule has 0 spiro atoms. The zero-order valence-electron chi connectivity index (χ0n) is 12.4. The van der Waals surface area contributed by atoms with Crippen molar-refractivity contribution in [2.24, 2.45) is 0 Å². The summed E-state index contributed by atoms with van der Waals surface area (Å²) in [5, 5.41) is 3.85. The van der Waals surface area contributed by atoms with Gasteiger partial charge in [0.2, 0.25) is 5.91 Å². The summed E-state index contributed by atoms with van der Waals surface area (Å²) < 4.78 is 1.53. The number of nitrogens with one attached hydrogen (secondary N) is 1. The molecule has 0 unspecified atom stereocenters. The lowest BCUT2D eigenvalue weighted by Crippen LogP contribution is -2.43. The van der Waals surface area contributed by atoms with Crippen molar-refractivity contribution in [3.8, 4) is 0 Å². The van der Waals surface area contributed by atoms with Crippen molar-refractivity contribution in [2.45, 2.75) is 39.8 Å². The standard InChI is InChI=1S/C16H20N2O2/c1-11-9-12-7-5-6-8-13(12)18(15(11)20)10-14(19)17-16(2,3)4/h5-9H,10H2,1-4H3,(H,17,19). The fourth-order valence-electron chi connectivity index (χ4n) is 2.23. The van der Waals surface area contributed by atoms with Gasteiger partial charge in [-0.25, -0.2) is 0 Å². The summed E-state index contributed by atoms with van der Waals surface area (Å²) in [6.45, 7) is 7.57. The first kappa shape index (κ1) is 14.3. The molecule has 106 valence electrons. The van der Waals surface area contributed by atoms with Gasteiger partial charge in [0.1, 0.15) is 6.54 Å². The summed E-state index contributed by atoms with van der Waals surface area (Å²) in [5.41, 5.74) is 1.01. The number of fused-ring (bicyclic) bond motifs is 1. The number of hydrogen-bond donors (Lipinski definition) is 1. The lowest BCUT2D eigenvalue weighted by molar-refractivity contribution is -0.123. The topological polar surface area (TPSA) is 51.1 Å². The lowest BCUT2D eigenvalue weighted by atomic mass is 10.1. The van der Waals surface area contributed by atoms with E-state index in [9.17, 15) is 9.59 Å². The van der Waals surface area contributed by atoms with Crippen molar-refractivity contribution in [1.29, 1.82) is 0 Å². The van der Waals surface area contributed by atoms with E-state index in [0.717, 1.165) is 10.9 Å². The van der Waals surface area contributed by atoms with E-state index < -0.39 is 0 Å². The average molecular weight is 272 g/mol. The highest BCUT2D eigenvalue weighted by Crippen LogP contribution is 2.13. The van der Waals surface area contributed by atoms with Gasteiger partial charge >= 0.3 is 0 Å². The first-order valence-electron chi connectivity index (χ1n) is 6.68. The fourth-order valence-corrected chi connectivity index (χ4v) is 2.23. The summed E-state index contributed by atoms with van der Waals surface area (Å²) in [6.07, 6.45) is 0. The molecule has 0 atom stereocenters. The Morgan fingerprint density at radius 1 is 1.25 bits per heavy atom. The molecule has 20 heavy (non-hydrogen) atoms. The molecular weight excluding hydrogens is 252 g/mol. The van der Waals surface area contributed by atoms with Crippen LogP contribution in [0.15, 0.2) is 35.1 Å². The van der Waals surface area contributed by atoms with Gasteiger partial charge in [0.05, 0.1) is 5.52 Å². The van der Waals surface area contributed by atoms with E-state index in [1.54, 1.807) is 6.92 Å². The number of aromatic nitrogens is 1. The van der Waals surface area contributed by atoms with Gasteiger partial charge in [-0.05, 0) is 45.2 Å². The average Bonchev–Trinajstić information content (AvgIpc) is 2.32. The van der Waals surface area contributed by atoms with Gasteiger partial charge in [0.15, 0.2) is 0 Å². The largest absolute Gasteiger partial charge is 0.350 e. The molecule has 0 aliphatic rings. The van der Waals surface area contributed by atoms with Gasteiger partial charge in [-0.15, -0.1) is 0 Å². The van der Waals surface area contributed by atoms with Crippen molar-refractivity contribution in [1.82, 2.24) is 9.88 Å². The number of rotatable bonds is 2. The predicted molar refractivity (Wildman–Crippen MR) is 80.8 cm³/mol. The lowest BCUT2D eigenvalue weighted by Gasteiger charge is -2.21. The van der Waals surface area contributed by atoms with E-state index >= 15 is 0 Å². The Morgan fingerprint density at radius 3 is 2.55 bits per heavy atom. The third-order valence-corrected chi connectivity index (χ3v) is 3.00. The van der Waals surface area contributed by atoms with Crippen LogP contribution in [0.5, 0.6) is 0 Å². The number of nitrogens with zero attached hydrogens (tertiary/aromatic N) is 1. The zero-order valence-corrected chi connectivity index (χ0v) is 12.4. The molecule has 0 aliphatic carbocycles. The van der Waals surface area contributed by atoms with Crippen LogP contribution < -0.4 is 10.9 Å². The molecule has 0 fully saturated rings. The highest BCUT2D eigenvalue weighted by molar-refractivity contribution is 5.83. The van der Waals surface area contributed by atoms with Crippen molar-refractivity contribution in [2.75, 3.05) is 0 Å². The number of hydrogen-bond acceptors (Lipinski definition) is 2. The Labute approximate surface area is 118 Å². The minimum Gasteiger partial charge on any atom is -0.350 e. The molecule has 2 aromatic rings. The minimum absolute atomic E-state index is 0.0400. The first-order valence-corrected chi connectivity index (χ1v) is 6.68. The molecular formula is C16H20N2O2. The van der Waals surface area contributed by atoms with Crippen LogP contribution in [0.25, 0.3) is 10.9 Å². The van der Waals surface area contributed by atoms with Gasteiger partial charge in [-0.2, -0.15) is 0 Å². The number of amides is 1.